The number of nitrogens with zero attached hydrogens (tertiary/aromatic N) is 7. The monoisotopic (exact) mass is 531 g/mol. The first-order chi connectivity index (χ1) is 17.8. The van der Waals surface area contributed by atoms with Gasteiger partial charge in [-0.15, -0.1) is 0 Å². The Morgan fingerprint density at radius 1 is 1.38 bits per heavy atom. The van der Waals surface area contributed by atoms with Crippen molar-refractivity contribution in [2.45, 2.75) is 44.7 Å². The van der Waals surface area contributed by atoms with E-state index in [0.717, 1.165) is 0 Å². The predicted molar refractivity (Wildman–Crippen MR) is 131 cm³/mol. The molecule has 3 aromatic rings. The second-order valence-corrected chi connectivity index (χ2v) is 9.71. The second kappa shape index (κ2) is 11.5. The van der Waals surface area contributed by atoms with Gasteiger partial charge in [-0.2, -0.15) is 5.09 Å². The zero-order valence-corrected chi connectivity index (χ0v) is 21.0. The van der Waals surface area contributed by atoms with Crippen molar-refractivity contribution in [1.29, 1.82) is 0 Å². The molecule has 0 saturated carbocycles. The Balaban J connectivity index is 1.53. The normalized spacial score (nSPS) is 21.6. The molecule has 15 nitrogen and oxygen atoms in total. The molecule has 5 atom stereocenters. The molecule has 0 spiro atoms. The molecule has 3 N–H and O–H groups in total. The van der Waals surface area contributed by atoms with Crippen LogP contribution in [-0.2, 0) is 23.4 Å². The number of hydrogen-bond acceptors (Lipinski definition) is 11. The first kappa shape index (κ1) is 26.3. The summed E-state index contributed by atoms with van der Waals surface area (Å²) < 4.78 is 37.7. The van der Waals surface area contributed by atoms with Crippen molar-refractivity contribution >= 4 is 30.7 Å². The molecule has 0 bridgehead atoms. The summed E-state index contributed by atoms with van der Waals surface area (Å²) in [6.07, 6.45) is 1.66. The number of imidazole rings is 1. The lowest BCUT2D eigenvalue weighted by Gasteiger charge is -2.24. The van der Waals surface area contributed by atoms with Gasteiger partial charge in [-0.25, -0.2) is 19.5 Å². The van der Waals surface area contributed by atoms with Gasteiger partial charge in [-0.3, -0.25) is 13.9 Å². The number of ether oxygens (including phenoxy) is 2. The van der Waals surface area contributed by atoms with Crippen molar-refractivity contribution in [2.24, 2.45) is 5.11 Å². The topological polar surface area (TPSA) is 201 Å². The van der Waals surface area contributed by atoms with Gasteiger partial charge in [0.05, 0.1) is 31.7 Å². The fourth-order valence-electron chi connectivity index (χ4n) is 3.74. The Kier molecular flexibility index (Phi) is 8.21. The number of carbonyl (C=O) groups excluding carboxylic acids is 1. The molecule has 37 heavy (non-hydrogen) atoms. The number of anilines is 1. The number of nitrogen functional groups attached to an aromatic ring is 1. The summed E-state index contributed by atoms with van der Waals surface area (Å²) in [5, 5.41) is 6.42. The van der Waals surface area contributed by atoms with Crippen LogP contribution in [0, 0.1) is 0 Å². The van der Waals surface area contributed by atoms with Gasteiger partial charge < -0.3 is 19.7 Å². The maximum atomic E-state index is 13.7. The Labute approximate surface area is 211 Å². The third kappa shape index (κ3) is 6.16. The van der Waals surface area contributed by atoms with Crippen molar-refractivity contribution in [1.82, 2.24) is 24.6 Å². The Bertz CT molecular complexity index is 1330. The number of carbonyl (C=O) groups is 1. The lowest BCUT2D eigenvalue weighted by Crippen LogP contribution is -2.36. The van der Waals surface area contributed by atoms with Crippen molar-refractivity contribution in [3.05, 3.63) is 53.4 Å². The van der Waals surface area contributed by atoms with E-state index in [2.05, 4.69) is 30.1 Å². The van der Waals surface area contributed by atoms with Gasteiger partial charge in [-0.05, 0) is 31.5 Å². The number of para-hydroxylation sites is 1. The highest BCUT2D eigenvalue weighted by molar-refractivity contribution is 7.52. The quantitative estimate of drug-likeness (QED) is 0.121. The van der Waals surface area contributed by atoms with Crippen LogP contribution in [0.4, 0.5) is 5.82 Å². The first-order valence-corrected chi connectivity index (χ1v) is 12.9. The fourth-order valence-corrected chi connectivity index (χ4v) is 5.25. The highest BCUT2D eigenvalue weighted by atomic mass is 31.2. The SMILES string of the molecule is CCOC(=O)[C@H](C)NP(=O)(OC[C@@H]1O[C@H](n2cnc3c(N)ncnc32)CC1N=[N+]=[N-])Oc1ccccc1. The Hall–Kier alpha value is -3.74. The highest BCUT2D eigenvalue weighted by Gasteiger charge is 2.40. The first-order valence-electron chi connectivity index (χ1n) is 11.4. The molecule has 0 radical (unpaired) electrons. The number of hydrogen-bond donors (Lipinski definition) is 2. The van der Waals surface area contributed by atoms with Crippen LogP contribution in [0.15, 0.2) is 48.1 Å². The van der Waals surface area contributed by atoms with E-state index in [1.165, 1.54) is 19.6 Å². The highest BCUT2D eigenvalue weighted by Crippen LogP contribution is 2.46. The molecular weight excluding hydrogens is 505 g/mol. The van der Waals surface area contributed by atoms with E-state index in [9.17, 15) is 9.36 Å². The third-order valence-corrected chi connectivity index (χ3v) is 7.11. The summed E-state index contributed by atoms with van der Waals surface area (Å²) in [5.74, 6) is -0.150. The summed E-state index contributed by atoms with van der Waals surface area (Å²) in [6.45, 7) is 3.01. The standard InChI is InChI=1S/C21H26N9O6P/c1-3-33-21(31)13(2)28-37(32,36-14-7-5-4-6-8-14)34-10-16-15(27-29-23)9-17(35-16)30-12-26-18-19(22)24-11-25-20(18)30/h4-8,11-13,15-17H,3,9-10H2,1-2H3,(H,28,32)(H2,22,24,25)/t13-,15?,16-,17-,37?/m0/s1. The van der Waals surface area contributed by atoms with Crippen LogP contribution in [0.1, 0.15) is 26.5 Å². The molecule has 1 aliphatic heterocycles. The van der Waals surface area contributed by atoms with Crippen LogP contribution in [-0.4, -0.2) is 56.9 Å². The summed E-state index contributed by atoms with van der Waals surface area (Å²) >= 11 is 0. The molecule has 1 saturated heterocycles. The molecular formula is C21H26N9O6P. The van der Waals surface area contributed by atoms with Crippen molar-refractivity contribution in [2.75, 3.05) is 18.9 Å². The number of nitrogens with one attached hydrogen (secondary N) is 1. The minimum Gasteiger partial charge on any atom is -0.465 e. The fraction of sp³-hybridized carbons (Fsp3) is 0.429. The van der Waals surface area contributed by atoms with Gasteiger partial charge in [-0.1, -0.05) is 23.3 Å². The molecule has 2 aromatic heterocycles. The number of esters is 1. The van der Waals surface area contributed by atoms with Crippen molar-refractivity contribution in [3.63, 3.8) is 0 Å². The molecule has 4 rings (SSSR count). The number of nitrogens with two attached hydrogens (primary N) is 1. The van der Waals surface area contributed by atoms with Gasteiger partial charge in [0.25, 0.3) is 0 Å². The number of rotatable bonds is 11. The second-order valence-electron chi connectivity index (χ2n) is 8.02. The van der Waals surface area contributed by atoms with Gasteiger partial charge in [0.15, 0.2) is 11.5 Å². The van der Waals surface area contributed by atoms with E-state index >= 15 is 0 Å². The van der Waals surface area contributed by atoms with Crippen LogP contribution in [0.5, 0.6) is 5.75 Å². The largest absolute Gasteiger partial charge is 0.465 e. The molecule has 0 amide bonds. The number of azide groups is 1. The zero-order chi connectivity index (χ0) is 26.4. The minimum atomic E-state index is -4.12. The molecule has 1 aliphatic rings. The lowest BCUT2D eigenvalue weighted by atomic mass is 10.1. The smallest absolute Gasteiger partial charge is 0.459 e. The lowest BCUT2D eigenvalue weighted by molar-refractivity contribution is -0.144. The Morgan fingerprint density at radius 2 is 2.16 bits per heavy atom. The van der Waals surface area contributed by atoms with Crippen LogP contribution < -0.4 is 15.3 Å². The van der Waals surface area contributed by atoms with Gasteiger partial charge in [0.1, 0.15) is 29.9 Å². The Morgan fingerprint density at radius 3 is 2.89 bits per heavy atom. The van der Waals surface area contributed by atoms with E-state index in [-0.39, 0.29) is 31.2 Å². The predicted octanol–water partition coefficient (Wildman–Crippen LogP) is 3.12. The maximum Gasteiger partial charge on any atom is 0.459 e. The molecule has 1 aromatic carbocycles. The minimum absolute atomic E-state index is 0.153. The third-order valence-electron chi connectivity index (χ3n) is 5.47. The van der Waals surface area contributed by atoms with E-state index in [4.69, 9.17) is 29.8 Å². The van der Waals surface area contributed by atoms with Crippen LogP contribution in [0.25, 0.3) is 21.6 Å². The average Bonchev–Trinajstić information content (AvgIpc) is 3.48. The summed E-state index contributed by atoms with van der Waals surface area (Å²) in [5.41, 5.74) is 15.8. The van der Waals surface area contributed by atoms with E-state index in [1.807, 2.05) is 0 Å². The zero-order valence-electron chi connectivity index (χ0n) is 20.1. The van der Waals surface area contributed by atoms with Crippen LogP contribution in [0.2, 0.25) is 0 Å². The van der Waals surface area contributed by atoms with Crippen molar-refractivity contribution < 1.29 is 27.9 Å². The van der Waals surface area contributed by atoms with Gasteiger partial charge >= 0.3 is 13.7 Å². The van der Waals surface area contributed by atoms with Gasteiger partial charge in [0.2, 0.25) is 0 Å². The van der Waals surface area contributed by atoms with Crippen LogP contribution >= 0.6 is 7.75 Å². The maximum absolute atomic E-state index is 13.7. The average molecular weight is 531 g/mol. The summed E-state index contributed by atoms with van der Waals surface area (Å²) in [6, 6.07) is 6.68. The van der Waals surface area contributed by atoms with Crippen molar-refractivity contribution in [3.8, 4) is 5.75 Å². The van der Waals surface area contributed by atoms with E-state index < -0.39 is 38.1 Å². The molecule has 16 heteroatoms. The molecule has 196 valence electrons. The number of fused-ring (bicyclic) bond motifs is 1. The van der Waals surface area contributed by atoms with Gasteiger partial charge in [0, 0.05) is 11.3 Å². The molecule has 0 aliphatic carbocycles. The molecule has 3 heterocycles. The molecule has 1 fully saturated rings. The summed E-state index contributed by atoms with van der Waals surface area (Å²) in [7, 11) is -4.12. The van der Waals surface area contributed by atoms with E-state index in [1.54, 1.807) is 41.8 Å². The molecule has 2 unspecified atom stereocenters. The number of benzene rings is 1. The number of aromatic nitrogens is 4. The van der Waals surface area contributed by atoms with Crippen LogP contribution in [0.3, 0.4) is 0 Å². The van der Waals surface area contributed by atoms with E-state index in [0.29, 0.717) is 11.2 Å². The summed E-state index contributed by atoms with van der Waals surface area (Å²) in [4.78, 5) is 27.4.